The van der Waals surface area contributed by atoms with E-state index in [-0.39, 0.29) is 11.9 Å². The number of hydrogen-bond acceptors (Lipinski definition) is 1. The first kappa shape index (κ1) is 10.6. The van der Waals surface area contributed by atoms with Crippen LogP contribution in [0.25, 0.3) is 0 Å². The first-order chi connectivity index (χ1) is 7.04. The summed E-state index contributed by atoms with van der Waals surface area (Å²) in [6.45, 7) is 4.53. The molecule has 0 spiro atoms. The maximum Gasteiger partial charge on any atom is 0.123 e. The van der Waals surface area contributed by atoms with Crippen molar-refractivity contribution in [2.75, 3.05) is 7.05 Å². The van der Waals surface area contributed by atoms with E-state index in [2.05, 4.69) is 19.2 Å². The third kappa shape index (κ3) is 2.05. The standard InChI is InChI=1S/C13H18FN/c1-13(2)8-11(13)12(15-3)9-5-4-6-10(14)7-9/h4-7,11-12,15H,8H2,1-3H3. The molecule has 1 aliphatic carbocycles. The molecule has 1 aliphatic rings. The van der Waals surface area contributed by atoms with Crippen molar-refractivity contribution in [2.45, 2.75) is 26.3 Å². The Bertz CT molecular complexity index is 359. The number of nitrogens with one attached hydrogen (secondary N) is 1. The van der Waals surface area contributed by atoms with Gasteiger partial charge >= 0.3 is 0 Å². The Hall–Kier alpha value is -0.890. The molecule has 1 fully saturated rings. The first-order valence-corrected chi connectivity index (χ1v) is 5.47. The predicted molar refractivity (Wildman–Crippen MR) is 60.1 cm³/mol. The van der Waals surface area contributed by atoms with Crippen LogP contribution >= 0.6 is 0 Å². The van der Waals surface area contributed by atoms with Gasteiger partial charge in [-0.25, -0.2) is 4.39 Å². The average molecular weight is 207 g/mol. The molecule has 2 heteroatoms. The van der Waals surface area contributed by atoms with Gasteiger partial charge in [-0.2, -0.15) is 0 Å². The van der Waals surface area contributed by atoms with Crippen LogP contribution in [0, 0.1) is 17.2 Å². The second-order valence-electron chi connectivity index (χ2n) is 5.12. The number of halogens is 1. The summed E-state index contributed by atoms with van der Waals surface area (Å²) < 4.78 is 13.1. The molecule has 1 nitrogen and oxygen atoms in total. The maximum atomic E-state index is 13.1. The second-order valence-corrected chi connectivity index (χ2v) is 5.12. The Morgan fingerprint density at radius 1 is 1.47 bits per heavy atom. The third-order valence-electron chi connectivity index (χ3n) is 3.51. The van der Waals surface area contributed by atoms with Crippen molar-refractivity contribution in [1.29, 1.82) is 0 Å². The SMILES string of the molecule is CNC(c1cccc(F)c1)C1CC1(C)C. The molecular weight excluding hydrogens is 189 g/mol. The lowest BCUT2D eigenvalue weighted by molar-refractivity contribution is 0.439. The van der Waals surface area contributed by atoms with Crippen LogP contribution < -0.4 is 5.32 Å². The van der Waals surface area contributed by atoms with Gasteiger partial charge in [-0.15, -0.1) is 0 Å². The van der Waals surface area contributed by atoms with Gasteiger partial charge in [0.2, 0.25) is 0 Å². The monoisotopic (exact) mass is 207 g/mol. The second kappa shape index (κ2) is 3.60. The summed E-state index contributed by atoms with van der Waals surface area (Å²) in [6.07, 6.45) is 1.22. The zero-order valence-corrected chi connectivity index (χ0v) is 9.55. The van der Waals surface area contributed by atoms with Crippen molar-refractivity contribution in [1.82, 2.24) is 5.32 Å². The molecule has 0 aliphatic heterocycles. The lowest BCUT2D eigenvalue weighted by atomic mass is 9.97. The molecular formula is C13H18FN. The summed E-state index contributed by atoms with van der Waals surface area (Å²) in [6, 6.07) is 7.20. The smallest absolute Gasteiger partial charge is 0.123 e. The lowest BCUT2D eigenvalue weighted by Gasteiger charge is -2.18. The quantitative estimate of drug-likeness (QED) is 0.803. The Labute approximate surface area is 90.7 Å². The fraction of sp³-hybridized carbons (Fsp3) is 0.538. The van der Waals surface area contributed by atoms with Gasteiger partial charge in [-0.3, -0.25) is 0 Å². The number of rotatable bonds is 3. The lowest BCUT2D eigenvalue weighted by Crippen LogP contribution is -2.20. The molecule has 15 heavy (non-hydrogen) atoms. The normalized spacial score (nSPS) is 24.9. The molecule has 2 rings (SSSR count). The molecule has 0 radical (unpaired) electrons. The Balaban J connectivity index is 2.21. The van der Waals surface area contributed by atoms with E-state index in [1.807, 2.05) is 13.1 Å². The summed E-state index contributed by atoms with van der Waals surface area (Å²) >= 11 is 0. The largest absolute Gasteiger partial charge is 0.313 e. The van der Waals surface area contributed by atoms with E-state index in [0.717, 1.165) is 5.56 Å². The molecule has 0 saturated heterocycles. The van der Waals surface area contributed by atoms with Gasteiger partial charge in [0.1, 0.15) is 5.82 Å². The maximum absolute atomic E-state index is 13.1. The van der Waals surface area contributed by atoms with Crippen molar-refractivity contribution in [2.24, 2.45) is 11.3 Å². The highest BCUT2D eigenvalue weighted by Crippen LogP contribution is 2.57. The van der Waals surface area contributed by atoms with Gasteiger partial charge in [-0.1, -0.05) is 26.0 Å². The third-order valence-corrected chi connectivity index (χ3v) is 3.51. The zero-order chi connectivity index (χ0) is 11.1. The van der Waals surface area contributed by atoms with Crippen molar-refractivity contribution >= 4 is 0 Å². The Morgan fingerprint density at radius 2 is 2.13 bits per heavy atom. The summed E-state index contributed by atoms with van der Waals surface area (Å²) in [5, 5.41) is 3.30. The molecule has 2 unspecified atom stereocenters. The highest BCUT2D eigenvalue weighted by molar-refractivity contribution is 5.23. The fourth-order valence-electron chi connectivity index (χ4n) is 2.38. The molecule has 0 aromatic heterocycles. The van der Waals surface area contributed by atoms with Crippen LogP contribution in [0.1, 0.15) is 31.9 Å². The van der Waals surface area contributed by atoms with E-state index in [0.29, 0.717) is 11.3 Å². The Morgan fingerprint density at radius 3 is 2.60 bits per heavy atom. The fourth-order valence-corrected chi connectivity index (χ4v) is 2.38. The van der Waals surface area contributed by atoms with E-state index in [1.165, 1.54) is 12.5 Å². The molecule has 1 aromatic rings. The zero-order valence-electron chi connectivity index (χ0n) is 9.55. The summed E-state index contributed by atoms with van der Waals surface area (Å²) in [4.78, 5) is 0. The highest BCUT2D eigenvalue weighted by atomic mass is 19.1. The minimum atomic E-state index is -0.147. The van der Waals surface area contributed by atoms with Gasteiger partial charge in [0.25, 0.3) is 0 Å². The molecule has 0 bridgehead atoms. The summed E-state index contributed by atoms with van der Waals surface area (Å²) in [7, 11) is 1.95. The topological polar surface area (TPSA) is 12.0 Å². The van der Waals surface area contributed by atoms with Crippen molar-refractivity contribution in [3.63, 3.8) is 0 Å². The van der Waals surface area contributed by atoms with Crippen LogP contribution in [0.3, 0.4) is 0 Å². The molecule has 82 valence electrons. The van der Waals surface area contributed by atoms with E-state index < -0.39 is 0 Å². The van der Waals surface area contributed by atoms with Crippen molar-refractivity contribution in [3.8, 4) is 0 Å². The molecule has 0 heterocycles. The molecule has 0 amide bonds. The summed E-state index contributed by atoms with van der Waals surface area (Å²) in [5.41, 5.74) is 1.47. The number of hydrogen-bond donors (Lipinski definition) is 1. The van der Waals surface area contributed by atoms with Gasteiger partial charge in [0.05, 0.1) is 0 Å². The van der Waals surface area contributed by atoms with E-state index >= 15 is 0 Å². The van der Waals surface area contributed by atoms with E-state index in [9.17, 15) is 4.39 Å². The predicted octanol–water partition coefficient (Wildman–Crippen LogP) is 3.13. The minimum Gasteiger partial charge on any atom is -0.313 e. The van der Waals surface area contributed by atoms with E-state index in [4.69, 9.17) is 0 Å². The van der Waals surface area contributed by atoms with Gasteiger partial charge < -0.3 is 5.32 Å². The number of benzene rings is 1. The van der Waals surface area contributed by atoms with Crippen LogP contribution in [0.15, 0.2) is 24.3 Å². The van der Waals surface area contributed by atoms with E-state index in [1.54, 1.807) is 12.1 Å². The molecule has 1 N–H and O–H groups in total. The highest BCUT2D eigenvalue weighted by Gasteiger charge is 2.50. The Kier molecular flexibility index (Phi) is 2.55. The van der Waals surface area contributed by atoms with Crippen molar-refractivity contribution in [3.05, 3.63) is 35.6 Å². The van der Waals surface area contributed by atoms with Gasteiger partial charge in [0, 0.05) is 6.04 Å². The molecule has 1 aromatic carbocycles. The van der Waals surface area contributed by atoms with Gasteiger partial charge in [0.15, 0.2) is 0 Å². The van der Waals surface area contributed by atoms with Crippen LogP contribution in [-0.2, 0) is 0 Å². The minimum absolute atomic E-state index is 0.147. The van der Waals surface area contributed by atoms with Gasteiger partial charge in [-0.05, 0) is 42.5 Å². The summed E-state index contributed by atoms with van der Waals surface area (Å²) in [5.74, 6) is 0.482. The van der Waals surface area contributed by atoms with Crippen LogP contribution in [-0.4, -0.2) is 7.05 Å². The van der Waals surface area contributed by atoms with Crippen LogP contribution in [0.4, 0.5) is 4.39 Å². The van der Waals surface area contributed by atoms with Crippen molar-refractivity contribution < 1.29 is 4.39 Å². The first-order valence-electron chi connectivity index (χ1n) is 5.47. The van der Waals surface area contributed by atoms with Crippen LogP contribution in [0.2, 0.25) is 0 Å². The molecule has 1 saturated carbocycles. The van der Waals surface area contributed by atoms with Crippen LogP contribution in [0.5, 0.6) is 0 Å². The average Bonchev–Trinajstić information content (AvgIpc) is 2.76. The molecule has 2 atom stereocenters.